The third kappa shape index (κ3) is 5.81. The van der Waals surface area contributed by atoms with Crippen LogP contribution in [0.25, 0.3) is 10.9 Å². The molecule has 3 N–H and O–H groups in total. The lowest BCUT2D eigenvalue weighted by Crippen LogP contribution is -2.48. The Balaban J connectivity index is 1.43. The Bertz CT molecular complexity index is 849. The second-order valence-electron chi connectivity index (χ2n) is 7.63. The highest BCUT2D eigenvalue weighted by Gasteiger charge is 2.38. The molecule has 0 unspecified atom stereocenters. The number of aromatic nitrogens is 1. The minimum atomic E-state index is -0.894. The second-order valence-corrected chi connectivity index (χ2v) is 7.63. The number of fused-ring (bicyclic) bond motifs is 1. The van der Waals surface area contributed by atoms with Gasteiger partial charge in [0.2, 0.25) is 0 Å². The minimum Gasteiger partial charge on any atom is -0.481 e. The van der Waals surface area contributed by atoms with Gasteiger partial charge in [-0.15, -0.1) is 0 Å². The second kappa shape index (κ2) is 10.6. The van der Waals surface area contributed by atoms with Gasteiger partial charge in [0.05, 0.1) is 11.7 Å². The van der Waals surface area contributed by atoms with Gasteiger partial charge in [0.1, 0.15) is 12.2 Å². The fourth-order valence-electron chi connectivity index (χ4n) is 3.60. The van der Waals surface area contributed by atoms with E-state index in [0.717, 1.165) is 30.2 Å². The van der Waals surface area contributed by atoms with Crippen molar-refractivity contribution in [3.8, 4) is 0 Å². The van der Waals surface area contributed by atoms with Crippen LogP contribution in [0, 0.1) is 0 Å². The summed E-state index contributed by atoms with van der Waals surface area (Å²) in [6, 6.07) is 7.48. The Kier molecular flexibility index (Phi) is 7.84. The van der Waals surface area contributed by atoms with E-state index < -0.39 is 36.5 Å². The zero-order chi connectivity index (χ0) is 21.5. The summed E-state index contributed by atoms with van der Waals surface area (Å²) in [6.45, 7) is 2.21. The van der Waals surface area contributed by atoms with Crippen LogP contribution < -0.4 is 0 Å². The number of para-hydroxylation sites is 1. The van der Waals surface area contributed by atoms with Gasteiger partial charge in [-0.3, -0.25) is 4.79 Å². The first-order valence-electron chi connectivity index (χ1n) is 10.4. The van der Waals surface area contributed by atoms with Crippen molar-refractivity contribution in [3.63, 3.8) is 0 Å². The SMILES string of the molecule is C[C@@H]1O[C@@H](OCCCCCCC(=O)O)[C@H](O)C[C@H]1OC(=O)c1c[nH]c2ccccc12. The number of H-pyrrole nitrogens is 1. The molecular formula is C22H29NO7. The number of aliphatic hydroxyl groups excluding tert-OH is 1. The van der Waals surface area contributed by atoms with Gasteiger partial charge >= 0.3 is 11.9 Å². The maximum atomic E-state index is 12.6. The molecule has 1 aromatic heterocycles. The van der Waals surface area contributed by atoms with Crippen LogP contribution in [-0.2, 0) is 19.0 Å². The van der Waals surface area contributed by atoms with E-state index in [1.54, 1.807) is 13.1 Å². The molecule has 0 radical (unpaired) electrons. The van der Waals surface area contributed by atoms with Crippen molar-refractivity contribution >= 4 is 22.8 Å². The van der Waals surface area contributed by atoms with E-state index in [2.05, 4.69) is 4.98 Å². The Morgan fingerprint density at radius 1 is 1.20 bits per heavy atom. The van der Waals surface area contributed by atoms with Crippen LogP contribution in [0.3, 0.4) is 0 Å². The Labute approximate surface area is 175 Å². The van der Waals surface area contributed by atoms with E-state index in [1.165, 1.54) is 0 Å². The van der Waals surface area contributed by atoms with E-state index in [9.17, 15) is 14.7 Å². The summed E-state index contributed by atoms with van der Waals surface area (Å²) in [5, 5.41) is 19.8. The summed E-state index contributed by atoms with van der Waals surface area (Å²) in [5.74, 6) is -1.24. The Morgan fingerprint density at radius 2 is 1.97 bits per heavy atom. The van der Waals surface area contributed by atoms with Crippen molar-refractivity contribution in [2.75, 3.05) is 6.61 Å². The van der Waals surface area contributed by atoms with Crippen LogP contribution >= 0.6 is 0 Å². The van der Waals surface area contributed by atoms with Gasteiger partial charge in [-0.1, -0.05) is 31.0 Å². The molecule has 1 saturated heterocycles. The molecule has 2 aromatic rings. The first-order chi connectivity index (χ1) is 14.5. The minimum absolute atomic E-state index is 0.182. The molecule has 0 bridgehead atoms. The fourth-order valence-corrected chi connectivity index (χ4v) is 3.60. The van der Waals surface area contributed by atoms with Gasteiger partial charge < -0.3 is 29.4 Å². The topological polar surface area (TPSA) is 118 Å². The highest BCUT2D eigenvalue weighted by Crippen LogP contribution is 2.26. The molecule has 30 heavy (non-hydrogen) atoms. The molecule has 1 fully saturated rings. The molecule has 4 atom stereocenters. The molecule has 0 aliphatic carbocycles. The zero-order valence-corrected chi connectivity index (χ0v) is 17.1. The van der Waals surface area contributed by atoms with E-state index in [4.69, 9.17) is 19.3 Å². The van der Waals surface area contributed by atoms with Crippen molar-refractivity contribution in [1.29, 1.82) is 0 Å². The van der Waals surface area contributed by atoms with Crippen LogP contribution in [0.1, 0.15) is 55.8 Å². The molecule has 1 aliphatic heterocycles. The normalized spacial score (nSPS) is 24.1. The average molecular weight is 419 g/mol. The number of carboxylic acids is 1. The molecule has 0 amide bonds. The molecule has 0 saturated carbocycles. The summed E-state index contributed by atoms with van der Waals surface area (Å²) >= 11 is 0. The highest BCUT2D eigenvalue weighted by molar-refractivity contribution is 6.04. The van der Waals surface area contributed by atoms with Crippen molar-refractivity contribution in [1.82, 2.24) is 4.98 Å². The number of unbranched alkanes of at least 4 members (excludes halogenated alkanes) is 3. The number of hydrogen-bond acceptors (Lipinski definition) is 6. The smallest absolute Gasteiger partial charge is 0.340 e. The largest absolute Gasteiger partial charge is 0.481 e. The number of aliphatic carboxylic acids is 1. The van der Waals surface area contributed by atoms with E-state index in [0.29, 0.717) is 18.6 Å². The monoisotopic (exact) mass is 419 g/mol. The van der Waals surface area contributed by atoms with Crippen LogP contribution in [0.2, 0.25) is 0 Å². The van der Waals surface area contributed by atoms with Crippen LogP contribution in [0.15, 0.2) is 30.5 Å². The van der Waals surface area contributed by atoms with Crippen molar-refractivity contribution in [2.45, 2.75) is 70.1 Å². The Hall–Kier alpha value is -2.42. The number of hydrogen-bond donors (Lipinski definition) is 3. The quantitative estimate of drug-likeness (QED) is 0.400. The number of benzene rings is 1. The van der Waals surface area contributed by atoms with Gasteiger partial charge in [0.25, 0.3) is 0 Å². The highest BCUT2D eigenvalue weighted by atomic mass is 16.7. The summed E-state index contributed by atoms with van der Waals surface area (Å²) < 4.78 is 17.0. The molecule has 164 valence electrons. The molecule has 8 heteroatoms. The number of ether oxygens (including phenoxy) is 3. The third-order valence-corrected chi connectivity index (χ3v) is 5.29. The van der Waals surface area contributed by atoms with Gasteiger partial charge in [0.15, 0.2) is 6.29 Å². The number of carbonyl (C=O) groups is 2. The summed E-state index contributed by atoms with van der Waals surface area (Å²) in [7, 11) is 0. The van der Waals surface area contributed by atoms with Crippen molar-refractivity contribution in [2.24, 2.45) is 0 Å². The first-order valence-corrected chi connectivity index (χ1v) is 10.4. The molecular weight excluding hydrogens is 390 g/mol. The summed E-state index contributed by atoms with van der Waals surface area (Å²) in [5.41, 5.74) is 1.31. The van der Waals surface area contributed by atoms with Crippen LogP contribution in [0.5, 0.6) is 0 Å². The summed E-state index contributed by atoms with van der Waals surface area (Å²) in [4.78, 5) is 26.1. The lowest BCUT2D eigenvalue weighted by Gasteiger charge is -2.37. The van der Waals surface area contributed by atoms with Crippen molar-refractivity contribution in [3.05, 3.63) is 36.0 Å². The van der Waals surface area contributed by atoms with Gasteiger partial charge in [-0.05, 0) is 25.8 Å². The number of rotatable bonds is 10. The number of nitrogens with one attached hydrogen (secondary N) is 1. The average Bonchev–Trinajstić information content (AvgIpc) is 3.14. The van der Waals surface area contributed by atoms with E-state index >= 15 is 0 Å². The van der Waals surface area contributed by atoms with Crippen LogP contribution in [0.4, 0.5) is 0 Å². The van der Waals surface area contributed by atoms with E-state index in [-0.39, 0.29) is 12.8 Å². The molecule has 8 nitrogen and oxygen atoms in total. The van der Waals surface area contributed by atoms with Crippen LogP contribution in [-0.4, -0.2) is 58.3 Å². The maximum Gasteiger partial charge on any atom is 0.340 e. The number of carboxylic acid groups (broad SMARTS) is 1. The first kappa shape index (κ1) is 22.3. The lowest BCUT2D eigenvalue weighted by molar-refractivity contribution is -0.260. The molecule has 3 rings (SSSR count). The van der Waals surface area contributed by atoms with Gasteiger partial charge in [0, 0.05) is 36.5 Å². The van der Waals surface area contributed by atoms with E-state index in [1.807, 2.05) is 24.3 Å². The predicted octanol–water partition coefficient (Wildman–Crippen LogP) is 3.24. The molecule has 1 aromatic carbocycles. The van der Waals surface area contributed by atoms with Crippen molar-refractivity contribution < 1.29 is 34.0 Å². The fraction of sp³-hybridized carbons (Fsp3) is 0.545. The van der Waals surface area contributed by atoms with Gasteiger partial charge in [-0.2, -0.15) is 0 Å². The third-order valence-electron chi connectivity index (χ3n) is 5.29. The standard InChI is InChI=1S/C22H29NO7/c1-14-19(30-21(27)16-13-23-17-9-6-5-8-15(16)17)12-18(24)22(29-14)28-11-7-3-2-4-10-20(25)26/h5-6,8-9,13-14,18-19,22-24H,2-4,7,10-12H2,1H3,(H,25,26)/t14-,18+,19+,22+/m0/s1. The number of carbonyl (C=O) groups excluding carboxylic acids is 1. The van der Waals surface area contributed by atoms with Gasteiger partial charge in [-0.25, -0.2) is 4.79 Å². The number of aromatic amines is 1. The number of esters is 1. The molecule has 0 spiro atoms. The Morgan fingerprint density at radius 3 is 2.77 bits per heavy atom. The molecule has 1 aliphatic rings. The number of aliphatic hydroxyl groups is 1. The summed E-state index contributed by atoms with van der Waals surface area (Å²) in [6.07, 6.45) is 2.50. The maximum absolute atomic E-state index is 12.6. The molecule has 2 heterocycles. The predicted molar refractivity (Wildman–Crippen MR) is 109 cm³/mol. The lowest BCUT2D eigenvalue weighted by atomic mass is 10.0. The zero-order valence-electron chi connectivity index (χ0n) is 17.1.